The van der Waals surface area contributed by atoms with Crippen LogP contribution in [-0.2, 0) is 11.8 Å². The highest BCUT2D eigenvalue weighted by molar-refractivity contribution is 6.32. The molecule has 1 aromatic heterocycles. The molecular formula is C18H24ClNO2. The monoisotopic (exact) mass is 321 g/mol. The zero-order valence-electron chi connectivity index (χ0n) is 13.7. The lowest BCUT2D eigenvalue weighted by Gasteiger charge is -2.21. The molecule has 0 fully saturated rings. The molecule has 0 unspecified atom stereocenters. The molecule has 1 heterocycles. The summed E-state index contributed by atoms with van der Waals surface area (Å²) < 4.78 is 1.77. The van der Waals surface area contributed by atoms with Crippen molar-refractivity contribution in [3.8, 4) is 5.75 Å². The molecule has 0 aliphatic rings. The van der Waals surface area contributed by atoms with Crippen LogP contribution >= 0.6 is 11.6 Å². The average molecular weight is 322 g/mol. The second-order valence-corrected chi connectivity index (χ2v) is 7.01. The highest BCUT2D eigenvalue weighted by atomic mass is 35.5. The summed E-state index contributed by atoms with van der Waals surface area (Å²) in [5.74, 6) is 0.642. The number of halogens is 1. The molecular weight excluding hydrogens is 298 g/mol. The van der Waals surface area contributed by atoms with E-state index in [0.717, 1.165) is 17.7 Å². The Labute approximate surface area is 137 Å². The fourth-order valence-electron chi connectivity index (χ4n) is 2.49. The Hall–Kier alpha value is -1.45. The molecule has 0 spiro atoms. The molecule has 1 N–H and O–H groups in total. The van der Waals surface area contributed by atoms with E-state index in [0.29, 0.717) is 17.2 Å². The first-order chi connectivity index (χ1) is 10.3. The van der Waals surface area contributed by atoms with Gasteiger partial charge in [-0.15, -0.1) is 0 Å². The Morgan fingerprint density at radius 1 is 1.23 bits per heavy atom. The van der Waals surface area contributed by atoms with Gasteiger partial charge < -0.3 is 9.94 Å². The molecule has 22 heavy (non-hydrogen) atoms. The number of aliphatic hydroxyl groups excluding tert-OH is 1. The Balaban J connectivity index is 2.38. The molecule has 0 bridgehead atoms. The summed E-state index contributed by atoms with van der Waals surface area (Å²) in [6.45, 7) is 8.70. The van der Waals surface area contributed by atoms with Gasteiger partial charge in [-0.2, -0.15) is 4.73 Å². The number of hydrogen-bond donors (Lipinski definition) is 1. The Morgan fingerprint density at radius 3 is 2.59 bits per heavy atom. The average Bonchev–Trinajstić information content (AvgIpc) is 2.83. The van der Waals surface area contributed by atoms with Crippen molar-refractivity contribution in [1.82, 2.24) is 4.73 Å². The predicted molar refractivity (Wildman–Crippen MR) is 90.8 cm³/mol. The van der Waals surface area contributed by atoms with Gasteiger partial charge in [0.15, 0.2) is 5.75 Å². The van der Waals surface area contributed by atoms with Gasteiger partial charge in [-0.3, -0.25) is 0 Å². The number of rotatable bonds is 5. The van der Waals surface area contributed by atoms with E-state index in [-0.39, 0.29) is 12.0 Å². The third-order valence-electron chi connectivity index (χ3n) is 3.62. The van der Waals surface area contributed by atoms with Crippen LogP contribution in [0.15, 0.2) is 30.5 Å². The van der Waals surface area contributed by atoms with Gasteiger partial charge in [-0.05, 0) is 54.5 Å². The Morgan fingerprint density at radius 2 is 1.95 bits per heavy atom. The molecule has 0 aliphatic heterocycles. The van der Waals surface area contributed by atoms with E-state index >= 15 is 0 Å². The Kier molecular flexibility index (Phi) is 5.20. The van der Waals surface area contributed by atoms with Gasteiger partial charge in [0.2, 0.25) is 0 Å². The SMILES string of the molecule is Cc1ccc(Cl)c(On2ccc(C(C)(C)C)c2CCCO)c1. The highest BCUT2D eigenvalue weighted by Crippen LogP contribution is 2.30. The standard InChI is InChI=1S/C18H24ClNO2/c1-13-7-8-15(19)17(12-13)22-20-10-9-14(18(2,3)4)16(20)6-5-11-21/h7-10,12,21H,5-6,11H2,1-4H3. The van der Waals surface area contributed by atoms with Crippen LogP contribution in [0.25, 0.3) is 0 Å². The highest BCUT2D eigenvalue weighted by Gasteiger charge is 2.22. The summed E-state index contributed by atoms with van der Waals surface area (Å²) >= 11 is 6.22. The van der Waals surface area contributed by atoms with Crippen molar-refractivity contribution < 1.29 is 9.94 Å². The largest absolute Gasteiger partial charge is 0.396 e. The first-order valence-electron chi connectivity index (χ1n) is 7.59. The lowest BCUT2D eigenvalue weighted by Crippen LogP contribution is -2.17. The van der Waals surface area contributed by atoms with E-state index in [1.807, 2.05) is 31.3 Å². The van der Waals surface area contributed by atoms with Crippen LogP contribution in [0.5, 0.6) is 5.75 Å². The van der Waals surface area contributed by atoms with E-state index < -0.39 is 0 Å². The van der Waals surface area contributed by atoms with Crippen molar-refractivity contribution in [2.75, 3.05) is 6.61 Å². The van der Waals surface area contributed by atoms with Gasteiger partial charge in [0.05, 0.1) is 10.7 Å². The first-order valence-corrected chi connectivity index (χ1v) is 7.97. The normalized spacial score (nSPS) is 11.7. The van der Waals surface area contributed by atoms with Gasteiger partial charge in [0.25, 0.3) is 0 Å². The van der Waals surface area contributed by atoms with Crippen LogP contribution in [0.3, 0.4) is 0 Å². The fourth-order valence-corrected chi connectivity index (χ4v) is 2.65. The zero-order chi connectivity index (χ0) is 16.3. The summed E-state index contributed by atoms with van der Waals surface area (Å²) in [6.07, 6.45) is 3.39. The van der Waals surface area contributed by atoms with Crippen molar-refractivity contribution in [2.24, 2.45) is 0 Å². The minimum absolute atomic E-state index is 0.0236. The van der Waals surface area contributed by atoms with Crippen molar-refractivity contribution in [3.63, 3.8) is 0 Å². The molecule has 0 radical (unpaired) electrons. The van der Waals surface area contributed by atoms with Crippen molar-refractivity contribution in [1.29, 1.82) is 0 Å². The number of benzene rings is 1. The van der Waals surface area contributed by atoms with Gasteiger partial charge in [-0.25, -0.2) is 0 Å². The third-order valence-corrected chi connectivity index (χ3v) is 3.93. The molecule has 0 amide bonds. The molecule has 2 rings (SSSR count). The molecule has 0 saturated heterocycles. The summed E-state index contributed by atoms with van der Waals surface area (Å²) in [5, 5.41) is 9.74. The predicted octanol–water partition coefficient (Wildman–Crippen LogP) is 4.51. The van der Waals surface area contributed by atoms with E-state index in [9.17, 15) is 0 Å². The van der Waals surface area contributed by atoms with Crippen LogP contribution in [0.2, 0.25) is 5.02 Å². The number of nitrogens with zero attached hydrogens (tertiary/aromatic N) is 1. The van der Waals surface area contributed by atoms with Crippen molar-refractivity contribution >= 4 is 11.6 Å². The van der Waals surface area contributed by atoms with Gasteiger partial charge >= 0.3 is 0 Å². The molecule has 0 aliphatic carbocycles. The molecule has 3 nitrogen and oxygen atoms in total. The topological polar surface area (TPSA) is 34.4 Å². The van der Waals surface area contributed by atoms with Gasteiger partial charge in [-0.1, -0.05) is 38.4 Å². The van der Waals surface area contributed by atoms with Crippen LogP contribution in [0.4, 0.5) is 0 Å². The van der Waals surface area contributed by atoms with Gasteiger partial charge in [0.1, 0.15) is 0 Å². The number of aromatic nitrogens is 1. The van der Waals surface area contributed by atoms with Crippen LogP contribution < -0.4 is 4.84 Å². The fraction of sp³-hybridized carbons (Fsp3) is 0.444. The minimum Gasteiger partial charge on any atom is -0.396 e. The quantitative estimate of drug-likeness (QED) is 0.879. The van der Waals surface area contributed by atoms with E-state index in [4.69, 9.17) is 21.5 Å². The molecule has 4 heteroatoms. The summed E-state index contributed by atoms with van der Waals surface area (Å²) in [7, 11) is 0. The summed E-state index contributed by atoms with van der Waals surface area (Å²) in [6, 6.07) is 7.80. The van der Waals surface area contributed by atoms with Crippen molar-refractivity contribution in [3.05, 3.63) is 52.3 Å². The second kappa shape index (κ2) is 6.76. The smallest absolute Gasteiger partial charge is 0.174 e. The van der Waals surface area contributed by atoms with Crippen LogP contribution in [-0.4, -0.2) is 16.4 Å². The summed E-state index contributed by atoms with van der Waals surface area (Å²) in [5.41, 5.74) is 3.43. The summed E-state index contributed by atoms with van der Waals surface area (Å²) in [4.78, 5) is 6.00. The van der Waals surface area contributed by atoms with Crippen LogP contribution in [0, 0.1) is 6.92 Å². The maximum Gasteiger partial charge on any atom is 0.174 e. The number of hydrogen-bond acceptors (Lipinski definition) is 2. The van der Waals surface area contributed by atoms with E-state index in [1.54, 1.807) is 4.73 Å². The van der Waals surface area contributed by atoms with E-state index in [2.05, 4.69) is 26.8 Å². The molecule has 2 aromatic rings. The molecule has 0 atom stereocenters. The number of aliphatic hydroxyl groups is 1. The maximum atomic E-state index is 9.15. The second-order valence-electron chi connectivity index (χ2n) is 6.60. The van der Waals surface area contributed by atoms with Crippen molar-refractivity contribution in [2.45, 2.75) is 46.0 Å². The first kappa shape index (κ1) is 16.9. The molecule has 1 aromatic carbocycles. The van der Waals surface area contributed by atoms with E-state index in [1.165, 1.54) is 5.56 Å². The number of aryl methyl sites for hydroxylation is 1. The lowest BCUT2D eigenvalue weighted by molar-refractivity contribution is 0.203. The minimum atomic E-state index is 0.0236. The maximum absolute atomic E-state index is 9.15. The molecule has 120 valence electrons. The Bertz CT molecular complexity index is 641. The zero-order valence-corrected chi connectivity index (χ0v) is 14.4. The lowest BCUT2D eigenvalue weighted by atomic mass is 9.86. The van der Waals surface area contributed by atoms with Crippen LogP contribution in [0.1, 0.15) is 44.0 Å². The third kappa shape index (κ3) is 3.84. The molecule has 0 saturated carbocycles. The van der Waals surface area contributed by atoms with Gasteiger partial charge in [0, 0.05) is 12.8 Å².